The normalized spacial score (nSPS) is 13.9. The molecule has 2 aromatic heterocycles. The van der Waals surface area contributed by atoms with Crippen molar-refractivity contribution in [1.82, 2.24) is 25.2 Å². The largest absolute Gasteiger partial charge is 0.494 e. The first kappa shape index (κ1) is 21.1. The Kier molecular flexibility index (Phi) is 5.78. The van der Waals surface area contributed by atoms with Gasteiger partial charge < -0.3 is 19.4 Å². The third-order valence-electron chi connectivity index (χ3n) is 6.00. The van der Waals surface area contributed by atoms with Gasteiger partial charge in [-0.2, -0.15) is 0 Å². The summed E-state index contributed by atoms with van der Waals surface area (Å²) in [6.45, 7) is 4.24. The maximum atomic E-state index is 13.4. The minimum atomic E-state index is -0.454. The molecule has 1 aliphatic rings. The minimum Gasteiger partial charge on any atom is -0.494 e. The summed E-state index contributed by atoms with van der Waals surface area (Å²) in [5.41, 5.74) is 3.51. The van der Waals surface area contributed by atoms with Crippen LogP contribution < -0.4 is 15.2 Å². The number of para-hydroxylation sites is 1. The topological polar surface area (TPSA) is 98.2 Å². The molecule has 1 N–H and O–H groups in total. The quantitative estimate of drug-likeness (QED) is 0.444. The molecular formula is C24H26N6O3. The van der Waals surface area contributed by atoms with Crippen LogP contribution >= 0.6 is 0 Å². The van der Waals surface area contributed by atoms with Gasteiger partial charge in [0.1, 0.15) is 11.8 Å². The Bertz CT molecular complexity index is 1330. The molecule has 4 aromatic rings. The summed E-state index contributed by atoms with van der Waals surface area (Å²) in [7, 11) is 1.64. The third kappa shape index (κ3) is 3.95. The number of ether oxygens (including phenoxy) is 2. The number of aromatic nitrogens is 5. The highest BCUT2D eigenvalue weighted by molar-refractivity contribution is 5.81. The Morgan fingerprint density at radius 2 is 2.06 bits per heavy atom. The molecule has 170 valence electrons. The number of hydrogen-bond donors (Lipinski definition) is 1. The van der Waals surface area contributed by atoms with E-state index in [0.717, 1.165) is 35.3 Å². The zero-order valence-corrected chi connectivity index (χ0v) is 18.7. The van der Waals surface area contributed by atoms with Gasteiger partial charge in [-0.05, 0) is 59.7 Å². The molecule has 1 unspecified atom stereocenters. The van der Waals surface area contributed by atoms with Crippen molar-refractivity contribution in [1.29, 1.82) is 0 Å². The van der Waals surface area contributed by atoms with Crippen LogP contribution in [0, 0.1) is 0 Å². The smallest absolute Gasteiger partial charge is 0.254 e. The number of benzene rings is 2. The van der Waals surface area contributed by atoms with E-state index in [-0.39, 0.29) is 5.56 Å². The monoisotopic (exact) mass is 446 g/mol. The lowest BCUT2D eigenvalue weighted by molar-refractivity contribution is 0.181. The van der Waals surface area contributed by atoms with E-state index in [2.05, 4.69) is 37.5 Å². The number of rotatable bonds is 8. The SMILES string of the molecule is CCOc1ccc2[nH]c(=O)c(C(c3nnnn3CCOC)N3CCc4ccccc43)cc2c1. The first-order chi connectivity index (χ1) is 16.2. The lowest BCUT2D eigenvalue weighted by atomic mass is 10.0. The second-order valence-corrected chi connectivity index (χ2v) is 7.96. The molecular weight excluding hydrogens is 420 g/mol. The number of methoxy groups -OCH3 is 1. The molecule has 1 atom stereocenters. The van der Waals surface area contributed by atoms with Gasteiger partial charge >= 0.3 is 0 Å². The van der Waals surface area contributed by atoms with Crippen molar-refractivity contribution in [3.63, 3.8) is 0 Å². The molecule has 9 nitrogen and oxygen atoms in total. The molecule has 0 bridgehead atoms. The van der Waals surface area contributed by atoms with Crippen LogP contribution in [0.5, 0.6) is 5.75 Å². The van der Waals surface area contributed by atoms with E-state index in [0.29, 0.717) is 31.1 Å². The van der Waals surface area contributed by atoms with Gasteiger partial charge in [0.2, 0.25) is 0 Å². The summed E-state index contributed by atoms with van der Waals surface area (Å²) >= 11 is 0. The Morgan fingerprint density at radius 3 is 2.91 bits per heavy atom. The predicted octanol–water partition coefficient (Wildman–Crippen LogP) is 2.71. The van der Waals surface area contributed by atoms with Crippen molar-refractivity contribution in [3.05, 3.63) is 75.8 Å². The standard InChI is InChI=1S/C24H26N6O3/c1-3-33-18-8-9-20-17(14-18)15-19(24(31)25-20)22(23-26-27-28-30(23)12-13-32-2)29-11-10-16-6-4-5-7-21(16)29/h4-9,14-15,22H,3,10-13H2,1-2H3,(H,25,31). The summed E-state index contributed by atoms with van der Waals surface area (Å²) < 4.78 is 12.6. The van der Waals surface area contributed by atoms with Gasteiger partial charge in [-0.1, -0.05) is 18.2 Å². The van der Waals surface area contributed by atoms with E-state index in [1.807, 2.05) is 43.3 Å². The fourth-order valence-electron chi connectivity index (χ4n) is 4.48. The minimum absolute atomic E-state index is 0.165. The number of pyridine rings is 1. The zero-order valence-electron chi connectivity index (χ0n) is 18.7. The van der Waals surface area contributed by atoms with Crippen LogP contribution in [0.2, 0.25) is 0 Å². The third-order valence-corrected chi connectivity index (χ3v) is 6.00. The number of tetrazole rings is 1. The molecule has 33 heavy (non-hydrogen) atoms. The van der Waals surface area contributed by atoms with Gasteiger partial charge in [-0.15, -0.1) is 5.10 Å². The lowest BCUT2D eigenvalue weighted by Crippen LogP contribution is -2.34. The molecule has 0 saturated heterocycles. The van der Waals surface area contributed by atoms with E-state index in [1.54, 1.807) is 11.8 Å². The van der Waals surface area contributed by atoms with Crippen LogP contribution in [0.4, 0.5) is 5.69 Å². The highest BCUT2D eigenvalue weighted by atomic mass is 16.5. The van der Waals surface area contributed by atoms with Gasteiger partial charge in [0, 0.05) is 35.8 Å². The lowest BCUT2D eigenvalue weighted by Gasteiger charge is -2.29. The number of aromatic amines is 1. The summed E-state index contributed by atoms with van der Waals surface area (Å²) in [6, 6.07) is 15.4. The molecule has 0 radical (unpaired) electrons. The second kappa shape index (κ2) is 9.03. The first-order valence-corrected chi connectivity index (χ1v) is 11.1. The summed E-state index contributed by atoms with van der Waals surface area (Å²) in [4.78, 5) is 18.6. The number of nitrogens with one attached hydrogen (secondary N) is 1. The second-order valence-electron chi connectivity index (χ2n) is 7.96. The number of hydrogen-bond acceptors (Lipinski definition) is 7. The first-order valence-electron chi connectivity index (χ1n) is 11.1. The van der Waals surface area contributed by atoms with Crippen molar-refractivity contribution >= 4 is 16.6 Å². The molecule has 5 rings (SSSR count). The summed E-state index contributed by atoms with van der Waals surface area (Å²) in [5.74, 6) is 1.37. The Balaban J connectivity index is 1.68. The van der Waals surface area contributed by atoms with Gasteiger partial charge in [0.25, 0.3) is 5.56 Å². The Labute approximate surface area is 190 Å². The molecule has 0 aliphatic carbocycles. The van der Waals surface area contributed by atoms with E-state index in [1.165, 1.54) is 5.56 Å². The maximum Gasteiger partial charge on any atom is 0.254 e. The van der Waals surface area contributed by atoms with E-state index < -0.39 is 6.04 Å². The Morgan fingerprint density at radius 1 is 1.18 bits per heavy atom. The van der Waals surface area contributed by atoms with Crippen LogP contribution in [0.25, 0.3) is 10.9 Å². The van der Waals surface area contributed by atoms with Crippen LogP contribution in [0.3, 0.4) is 0 Å². The van der Waals surface area contributed by atoms with E-state index in [9.17, 15) is 4.79 Å². The van der Waals surface area contributed by atoms with Crippen molar-refractivity contribution < 1.29 is 9.47 Å². The number of nitrogens with zero attached hydrogens (tertiary/aromatic N) is 5. The van der Waals surface area contributed by atoms with Crippen LogP contribution in [0.15, 0.2) is 53.3 Å². The average Bonchev–Trinajstić information content (AvgIpc) is 3.46. The molecule has 3 heterocycles. The molecule has 0 fully saturated rings. The van der Waals surface area contributed by atoms with Crippen molar-refractivity contribution in [2.75, 3.05) is 31.8 Å². The van der Waals surface area contributed by atoms with Crippen molar-refractivity contribution in [2.45, 2.75) is 25.9 Å². The average molecular weight is 447 g/mol. The highest BCUT2D eigenvalue weighted by Crippen LogP contribution is 2.37. The van der Waals surface area contributed by atoms with Crippen LogP contribution in [0.1, 0.15) is 29.9 Å². The van der Waals surface area contributed by atoms with Crippen LogP contribution in [-0.4, -0.2) is 52.1 Å². The van der Waals surface area contributed by atoms with Gasteiger partial charge in [-0.25, -0.2) is 4.68 Å². The predicted molar refractivity (Wildman–Crippen MR) is 125 cm³/mol. The van der Waals surface area contributed by atoms with Gasteiger partial charge in [-0.3, -0.25) is 4.79 Å². The molecule has 0 saturated carbocycles. The van der Waals surface area contributed by atoms with Crippen LogP contribution in [-0.2, 0) is 17.7 Å². The summed E-state index contributed by atoms with van der Waals surface area (Å²) in [5, 5.41) is 13.4. The number of anilines is 1. The summed E-state index contributed by atoms with van der Waals surface area (Å²) in [6.07, 6.45) is 0.895. The van der Waals surface area contributed by atoms with Crippen molar-refractivity contribution in [3.8, 4) is 5.75 Å². The zero-order chi connectivity index (χ0) is 22.8. The molecule has 2 aromatic carbocycles. The van der Waals surface area contributed by atoms with Gasteiger partial charge in [0.15, 0.2) is 5.82 Å². The van der Waals surface area contributed by atoms with E-state index >= 15 is 0 Å². The van der Waals surface area contributed by atoms with Crippen molar-refractivity contribution in [2.24, 2.45) is 0 Å². The fourth-order valence-corrected chi connectivity index (χ4v) is 4.48. The van der Waals surface area contributed by atoms with Gasteiger partial charge in [0.05, 0.1) is 19.8 Å². The van der Waals surface area contributed by atoms with E-state index in [4.69, 9.17) is 9.47 Å². The molecule has 0 amide bonds. The fraction of sp³-hybridized carbons (Fsp3) is 0.333. The number of fused-ring (bicyclic) bond motifs is 2. The maximum absolute atomic E-state index is 13.4. The Hall–Kier alpha value is -3.72. The molecule has 9 heteroatoms. The number of H-pyrrole nitrogens is 1. The molecule has 1 aliphatic heterocycles. The molecule has 0 spiro atoms. The highest BCUT2D eigenvalue weighted by Gasteiger charge is 2.34.